The van der Waals surface area contributed by atoms with Gasteiger partial charge in [0, 0.05) is 18.7 Å². The fourth-order valence-corrected chi connectivity index (χ4v) is 3.70. The van der Waals surface area contributed by atoms with Gasteiger partial charge in [-0.05, 0) is 19.1 Å². The van der Waals surface area contributed by atoms with Gasteiger partial charge < -0.3 is 10.0 Å². The van der Waals surface area contributed by atoms with Crippen LogP contribution >= 0.6 is 0 Å². The predicted molar refractivity (Wildman–Crippen MR) is 67.2 cm³/mol. The molecule has 1 amide bonds. The Kier molecular flexibility index (Phi) is 3.49. The molecule has 104 valence electrons. The monoisotopic (exact) mass is 287 g/mol. The minimum absolute atomic E-state index is 0.0208. The molecule has 1 aromatic rings. The van der Waals surface area contributed by atoms with Gasteiger partial charge in [0.15, 0.2) is 9.84 Å². The number of sulfone groups is 1. The molecule has 1 N–H and O–H groups in total. The Labute approximate surface area is 110 Å². The summed E-state index contributed by atoms with van der Waals surface area (Å²) in [6.07, 6.45) is 0. The highest BCUT2D eigenvalue weighted by Crippen LogP contribution is 2.22. The van der Waals surface area contributed by atoms with Crippen LogP contribution in [0.4, 0.5) is 4.39 Å². The van der Waals surface area contributed by atoms with Crippen LogP contribution in [0, 0.1) is 5.82 Å². The van der Waals surface area contributed by atoms with E-state index in [1.165, 1.54) is 11.0 Å². The molecule has 19 heavy (non-hydrogen) atoms. The minimum atomic E-state index is -3.11. The summed E-state index contributed by atoms with van der Waals surface area (Å²) in [5.74, 6) is -1.75. The lowest BCUT2D eigenvalue weighted by Gasteiger charge is -2.33. The lowest BCUT2D eigenvalue weighted by atomic mass is 10.1. The van der Waals surface area contributed by atoms with Crippen molar-refractivity contribution in [2.24, 2.45) is 0 Å². The van der Waals surface area contributed by atoms with E-state index in [-0.39, 0.29) is 23.6 Å². The molecule has 1 heterocycles. The highest BCUT2D eigenvalue weighted by Gasteiger charge is 2.32. The molecule has 2 rings (SSSR count). The van der Waals surface area contributed by atoms with Gasteiger partial charge in [-0.2, -0.15) is 0 Å². The third-order valence-electron chi connectivity index (χ3n) is 3.12. The second-order valence-electron chi connectivity index (χ2n) is 4.62. The van der Waals surface area contributed by atoms with E-state index in [0.29, 0.717) is 0 Å². The Morgan fingerprint density at radius 1 is 1.47 bits per heavy atom. The van der Waals surface area contributed by atoms with Gasteiger partial charge in [0.2, 0.25) is 0 Å². The number of phenolic OH excluding ortho intramolecular Hbond substituents is 1. The summed E-state index contributed by atoms with van der Waals surface area (Å²) >= 11 is 0. The minimum Gasteiger partial charge on any atom is -0.507 e. The lowest BCUT2D eigenvalue weighted by Crippen LogP contribution is -2.49. The lowest BCUT2D eigenvalue weighted by molar-refractivity contribution is 0.0709. The van der Waals surface area contributed by atoms with Gasteiger partial charge in [0.25, 0.3) is 5.91 Å². The topological polar surface area (TPSA) is 74.7 Å². The van der Waals surface area contributed by atoms with E-state index in [2.05, 4.69) is 0 Å². The molecule has 1 saturated heterocycles. The van der Waals surface area contributed by atoms with Crippen molar-refractivity contribution in [3.63, 3.8) is 0 Å². The van der Waals surface area contributed by atoms with Gasteiger partial charge in [-0.1, -0.05) is 0 Å². The molecule has 1 atom stereocenters. The number of hydrogen-bond acceptors (Lipinski definition) is 4. The van der Waals surface area contributed by atoms with E-state index in [1.54, 1.807) is 6.92 Å². The summed E-state index contributed by atoms with van der Waals surface area (Å²) in [7, 11) is -3.11. The van der Waals surface area contributed by atoms with Crippen LogP contribution in [-0.2, 0) is 9.84 Å². The van der Waals surface area contributed by atoms with Crippen molar-refractivity contribution < 1.29 is 22.7 Å². The second-order valence-corrected chi connectivity index (χ2v) is 6.85. The van der Waals surface area contributed by atoms with Gasteiger partial charge in [0.05, 0.1) is 17.1 Å². The van der Waals surface area contributed by atoms with Crippen molar-refractivity contribution in [3.8, 4) is 5.75 Å². The first-order valence-electron chi connectivity index (χ1n) is 5.80. The molecule has 1 aliphatic heterocycles. The Morgan fingerprint density at radius 3 is 2.74 bits per heavy atom. The Balaban J connectivity index is 2.25. The molecule has 1 aliphatic rings. The van der Waals surface area contributed by atoms with E-state index < -0.39 is 33.4 Å². The molecule has 0 radical (unpaired) electrons. The molecule has 0 saturated carbocycles. The molecule has 0 spiro atoms. The van der Waals surface area contributed by atoms with Gasteiger partial charge in [-0.25, -0.2) is 12.8 Å². The van der Waals surface area contributed by atoms with Crippen LogP contribution in [0.15, 0.2) is 18.2 Å². The molecule has 0 aliphatic carbocycles. The zero-order valence-electron chi connectivity index (χ0n) is 10.3. The number of rotatable bonds is 1. The quantitative estimate of drug-likeness (QED) is 0.828. The Bertz CT molecular complexity index is 614. The van der Waals surface area contributed by atoms with Gasteiger partial charge >= 0.3 is 0 Å². The van der Waals surface area contributed by atoms with Crippen molar-refractivity contribution in [1.29, 1.82) is 0 Å². The molecule has 7 heteroatoms. The Hall–Kier alpha value is -1.63. The van der Waals surface area contributed by atoms with Crippen LogP contribution in [0.3, 0.4) is 0 Å². The van der Waals surface area contributed by atoms with Crippen molar-refractivity contribution >= 4 is 15.7 Å². The highest BCUT2D eigenvalue weighted by atomic mass is 32.2. The third-order valence-corrected chi connectivity index (χ3v) is 4.92. The molecule has 0 aromatic heterocycles. The predicted octanol–water partition coefficient (Wildman–Crippen LogP) is 0.790. The van der Waals surface area contributed by atoms with Gasteiger partial charge in [-0.15, -0.1) is 0 Å². The largest absolute Gasteiger partial charge is 0.507 e. The summed E-state index contributed by atoms with van der Waals surface area (Å²) in [5, 5.41) is 9.58. The maximum Gasteiger partial charge on any atom is 0.257 e. The van der Waals surface area contributed by atoms with E-state index >= 15 is 0 Å². The summed E-state index contributed by atoms with van der Waals surface area (Å²) in [5.41, 5.74) is -0.0208. The summed E-state index contributed by atoms with van der Waals surface area (Å²) in [4.78, 5) is 13.6. The van der Waals surface area contributed by atoms with Crippen LogP contribution in [0.2, 0.25) is 0 Å². The van der Waals surface area contributed by atoms with Crippen molar-refractivity contribution in [3.05, 3.63) is 29.6 Å². The van der Waals surface area contributed by atoms with Crippen LogP contribution in [0.5, 0.6) is 5.75 Å². The molecular formula is C12H14FNO4S. The maximum atomic E-state index is 12.9. The van der Waals surface area contributed by atoms with Crippen LogP contribution < -0.4 is 0 Å². The number of carbonyl (C=O) groups excluding carboxylic acids is 1. The number of hydrogen-bond donors (Lipinski definition) is 1. The average Bonchev–Trinajstić information content (AvgIpc) is 2.26. The summed E-state index contributed by atoms with van der Waals surface area (Å²) in [6, 6.07) is 2.68. The fraction of sp³-hybridized carbons (Fsp3) is 0.417. The van der Waals surface area contributed by atoms with Gasteiger partial charge in [-0.3, -0.25) is 4.79 Å². The zero-order chi connectivity index (χ0) is 14.2. The smallest absolute Gasteiger partial charge is 0.257 e. The number of benzene rings is 1. The second kappa shape index (κ2) is 4.80. The number of phenols is 1. The number of halogens is 1. The SMILES string of the molecule is CC1CS(=O)(=O)CCN1C(=O)c1ccc(F)cc1O. The summed E-state index contributed by atoms with van der Waals surface area (Å²) in [6.45, 7) is 1.72. The first kappa shape index (κ1) is 13.8. The van der Waals surface area contributed by atoms with Crippen molar-refractivity contribution in [2.45, 2.75) is 13.0 Å². The third kappa shape index (κ3) is 2.86. The molecule has 1 unspecified atom stereocenters. The average molecular weight is 287 g/mol. The molecule has 5 nitrogen and oxygen atoms in total. The van der Waals surface area contributed by atoms with Crippen molar-refractivity contribution in [2.75, 3.05) is 18.1 Å². The van der Waals surface area contributed by atoms with E-state index in [9.17, 15) is 22.7 Å². The van der Waals surface area contributed by atoms with Gasteiger partial charge in [0.1, 0.15) is 11.6 Å². The number of aromatic hydroxyl groups is 1. The molecule has 0 bridgehead atoms. The molecule has 1 aromatic carbocycles. The first-order valence-corrected chi connectivity index (χ1v) is 7.62. The summed E-state index contributed by atoms with van der Waals surface area (Å²) < 4.78 is 35.7. The first-order chi connectivity index (χ1) is 8.80. The van der Waals surface area contributed by atoms with Crippen LogP contribution in [0.1, 0.15) is 17.3 Å². The zero-order valence-corrected chi connectivity index (χ0v) is 11.2. The fourth-order valence-electron chi connectivity index (χ4n) is 2.14. The highest BCUT2D eigenvalue weighted by molar-refractivity contribution is 7.91. The Morgan fingerprint density at radius 2 is 2.16 bits per heavy atom. The number of nitrogens with zero attached hydrogens (tertiary/aromatic N) is 1. The standard InChI is InChI=1S/C12H14FNO4S/c1-8-7-19(17,18)5-4-14(8)12(16)10-3-2-9(13)6-11(10)15/h2-3,6,8,15H,4-5,7H2,1H3. The van der Waals surface area contributed by atoms with E-state index in [1.807, 2.05) is 0 Å². The van der Waals surface area contributed by atoms with E-state index in [0.717, 1.165) is 12.1 Å². The maximum absolute atomic E-state index is 12.9. The molecule has 1 fully saturated rings. The number of amides is 1. The van der Waals surface area contributed by atoms with E-state index in [4.69, 9.17) is 0 Å². The van der Waals surface area contributed by atoms with Crippen LogP contribution in [-0.4, -0.2) is 48.4 Å². The van der Waals surface area contributed by atoms with Crippen molar-refractivity contribution in [1.82, 2.24) is 4.90 Å². The number of carbonyl (C=O) groups is 1. The molecular weight excluding hydrogens is 273 g/mol. The normalized spacial score (nSPS) is 22.2. The van der Waals surface area contributed by atoms with Crippen LogP contribution in [0.25, 0.3) is 0 Å².